The molecule has 1 amide bonds. The summed E-state index contributed by atoms with van der Waals surface area (Å²) in [7, 11) is 0. The molecule has 0 radical (unpaired) electrons. The van der Waals surface area contributed by atoms with E-state index in [-0.39, 0.29) is 18.6 Å². The van der Waals surface area contributed by atoms with E-state index in [9.17, 15) is 14.7 Å². The molecule has 0 aliphatic heterocycles. The number of benzene rings is 1. The van der Waals surface area contributed by atoms with Crippen molar-refractivity contribution < 1.29 is 19.4 Å². The van der Waals surface area contributed by atoms with Crippen LogP contribution >= 0.6 is 0 Å². The normalized spacial score (nSPS) is 12.6. The average molecular weight is 347 g/mol. The van der Waals surface area contributed by atoms with Gasteiger partial charge < -0.3 is 15.2 Å². The smallest absolute Gasteiger partial charge is 0.326 e. The van der Waals surface area contributed by atoms with Gasteiger partial charge in [-0.3, -0.25) is 4.79 Å². The van der Waals surface area contributed by atoms with Crippen molar-refractivity contribution in [3.8, 4) is 5.69 Å². The summed E-state index contributed by atoms with van der Waals surface area (Å²) < 4.78 is 6.93. The molecule has 0 saturated heterocycles. The summed E-state index contributed by atoms with van der Waals surface area (Å²) in [6, 6.07) is 5.54. The van der Waals surface area contributed by atoms with Gasteiger partial charge in [0, 0.05) is 18.6 Å². The van der Waals surface area contributed by atoms with E-state index in [1.165, 1.54) is 11.0 Å². The molecule has 0 spiro atoms. The Morgan fingerprint density at radius 1 is 1.36 bits per heavy atom. The largest absolute Gasteiger partial charge is 0.480 e. The van der Waals surface area contributed by atoms with E-state index in [0.717, 1.165) is 0 Å². The van der Waals surface area contributed by atoms with Gasteiger partial charge in [0.2, 0.25) is 0 Å². The second-order valence-corrected chi connectivity index (χ2v) is 6.42. The summed E-state index contributed by atoms with van der Waals surface area (Å²) in [5.74, 6) is -1.60. The summed E-state index contributed by atoms with van der Waals surface area (Å²) in [5, 5.41) is 22.6. The first-order chi connectivity index (χ1) is 11.8. The first-order valence-electron chi connectivity index (χ1n) is 7.77. The lowest BCUT2D eigenvalue weighted by molar-refractivity contribution is -0.140. The molecule has 0 fully saturated rings. The number of rotatable bonds is 7. The number of carboxylic acids is 1. The SMILES string of the molecule is CC(C)(C)OCCC(NC(=O)c1cccc(-n2cnnn2)c1)C(=O)O. The number of ether oxygens (including phenoxy) is 1. The van der Waals surface area contributed by atoms with Gasteiger partial charge in [0.15, 0.2) is 0 Å². The highest BCUT2D eigenvalue weighted by Gasteiger charge is 2.22. The van der Waals surface area contributed by atoms with Gasteiger partial charge in [0.05, 0.1) is 11.3 Å². The van der Waals surface area contributed by atoms with E-state index in [4.69, 9.17) is 4.74 Å². The quantitative estimate of drug-likeness (QED) is 0.768. The molecule has 2 aromatic rings. The molecular weight excluding hydrogens is 326 g/mol. The Labute approximate surface area is 145 Å². The van der Waals surface area contributed by atoms with Gasteiger partial charge in [-0.15, -0.1) is 5.10 Å². The molecule has 0 aliphatic carbocycles. The summed E-state index contributed by atoms with van der Waals surface area (Å²) in [6.45, 7) is 5.87. The van der Waals surface area contributed by atoms with Gasteiger partial charge in [-0.05, 0) is 49.4 Å². The molecule has 0 bridgehead atoms. The van der Waals surface area contributed by atoms with Crippen LogP contribution in [0.3, 0.4) is 0 Å². The third-order valence-electron chi connectivity index (χ3n) is 3.27. The third-order valence-corrected chi connectivity index (χ3v) is 3.27. The molecule has 0 aliphatic rings. The molecule has 1 aromatic carbocycles. The van der Waals surface area contributed by atoms with Gasteiger partial charge in [0.1, 0.15) is 12.4 Å². The molecule has 134 valence electrons. The molecule has 2 N–H and O–H groups in total. The van der Waals surface area contributed by atoms with E-state index >= 15 is 0 Å². The number of carboxylic acid groups (broad SMARTS) is 1. The van der Waals surface area contributed by atoms with Crippen LogP contribution in [0, 0.1) is 0 Å². The third kappa shape index (κ3) is 5.64. The van der Waals surface area contributed by atoms with E-state index in [1.54, 1.807) is 24.3 Å². The number of amides is 1. The summed E-state index contributed by atoms with van der Waals surface area (Å²) in [5.41, 5.74) is 0.546. The Kier molecular flexibility index (Phi) is 5.81. The summed E-state index contributed by atoms with van der Waals surface area (Å²) in [4.78, 5) is 23.7. The Balaban J connectivity index is 2.03. The van der Waals surface area contributed by atoms with Crippen molar-refractivity contribution in [3.05, 3.63) is 36.2 Å². The second kappa shape index (κ2) is 7.84. The zero-order valence-corrected chi connectivity index (χ0v) is 14.3. The molecule has 9 heteroatoms. The molecule has 1 heterocycles. The fraction of sp³-hybridized carbons (Fsp3) is 0.438. The van der Waals surface area contributed by atoms with Gasteiger partial charge in [-0.25, -0.2) is 9.48 Å². The number of tetrazole rings is 1. The monoisotopic (exact) mass is 347 g/mol. The molecule has 2 rings (SSSR count). The van der Waals surface area contributed by atoms with Gasteiger partial charge >= 0.3 is 5.97 Å². The van der Waals surface area contributed by atoms with E-state index in [2.05, 4.69) is 20.8 Å². The molecule has 9 nitrogen and oxygen atoms in total. The lowest BCUT2D eigenvalue weighted by Gasteiger charge is -2.21. The predicted molar refractivity (Wildman–Crippen MR) is 88.4 cm³/mol. The number of aromatic nitrogens is 4. The number of carbonyl (C=O) groups is 2. The van der Waals surface area contributed by atoms with Crippen molar-refractivity contribution in [1.29, 1.82) is 0 Å². The van der Waals surface area contributed by atoms with Crippen LogP contribution in [0.5, 0.6) is 0 Å². The topological polar surface area (TPSA) is 119 Å². The van der Waals surface area contributed by atoms with Crippen molar-refractivity contribution in [2.75, 3.05) is 6.61 Å². The lowest BCUT2D eigenvalue weighted by Crippen LogP contribution is -2.42. The van der Waals surface area contributed by atoms with Crippen LogP contribution in [0.15, 0.2) is 30.6 Å². The van der Waals surface area contributed by atoms with E-state index < -0.39 is 17.9 Å². The van der Waals surface area contributed by atoms with Crippen LogP contribution in [-0.4, -0.2) is 55.4 Å². The highest BCUT2D eigenvalue weighted by Crippen LogP contribution is 2.11. The van der Waals surface area contributed by atoms with Crippen LogP contribution in [0.4, 0.5) is 0 Å². The minimum absolute atomic E-state index is 0.172. The van der Waals surface area contributed by atoms with E-state index in [1.807, 2.05) is 20.8 Å². The number of aliphatic carboxylic acids is 1. The van der Waals surface area contributed by atoms with Crippen molar-refractivity contribution in [3.63, 3.8) is 0 Å². The zero-order valence-electron chi connectivity index (χ0n) is 14.3. The summed E-state index contributed by atoms with van der Waals surface area (Å²) >= 11 is 0. The van der Waals surface area contributed by atoms with Gasteiger partial charge in [0.25, 0.3) is 5.91 Å². The fourth-order valence-corrected chi connectivity index (χ4v) is 2.05. The van der Waals surface area contributed by atoms with Gasteiger partial charge in [-0.1, -0.05) is 6.07 Å². The standard InChI is InChI=1S/C16H21N5O4/c1-16(2,3)25-8-7-13(15(23)24)18-14(22)11-5-4-6-12(9-11)21-10-17-19-20-21/h4-6,9-10,13H,7-8H2,1-3H3,(H,18,22)(H,23,24). The van der Waals surface area contributed by atoms with Crippen molar-refractivity contribution in [1.82, 2.24) is 25.5 Å². The van der Waals surface area contributed by atoms with Crippen LogP contribution in [0.2, 0.25) is 0 Å². The zero-order chi connectivity index (χ0) is 18.4. The maximum atomic E-state index is 12.4. The molecular formula is C16H21N5O4. The number of hydrogen-bond acceptors (Lipinski definition) is 6. The van der Waals surface area contributed by atoms with Crippen molar-refractivity contribution >= 4 is 11.9 Å². The minimum atomic E-state index is -1.11. The molecule has 1 aromatic heterocycles. The average Bonchev–Trinajstić information content (AvgIpc) is 3.07. The first kappa shape index (κ1) is 18.5. The number of hydrogen-bond donors (Lipinski definition) is 2. The Hall–Kier alpha value is -2.81. The Morgan fingerprint density at radius 2 is 2.12 bits per heavy atom. The predicted octanol–water partition coefficient (Wildman–Crippen LogP) is 1.05. The number of nitrogens with one attached hydrogen (secondary N) is 1. The number of nitrogens with zero attached hydrogens (tertiary/aromatic N) is 4. The van der Waals surface area contributed by atoms with Gasteiger partial charge in [-0.2, -0.15) is 0 Å². The molecule has 0 saturated carbocycles. The first-order valence-corrected chi connectivity index (χ1v) is 7.77. The van der Waals surface area contributed by atoms with E-state index in [0.29, 0.717) is 11.3 Å². The molecule has 1 unspecified atom stereocenters. The fourth-order valence-electron chi connectivity index (χ4n) is 2.05. The van der Waals surface area contributed by atoms with Crippen molar-refractivity contribution in [2.24, 2.45) is 0 Å². The summed E-state index contributed by atoms with van der Waals surface area (Å²) in [6.07, 6.45) is 1.58. The van der Waals surface area contributed by atoms with Crippen molar-refractivity contribution in [2.45, 2.75) is 38.8 Å². The molecule has 1 atom stereocenters. The van der Waals surface area contributed by atoms with Crippen LogP contribution < -0.4 is 5.32 Å². The minimum Gasteiger partial charge on any atom is -0.480 e. The highest BCUT2D eigenvalue weighted by molar-refractivity contribution is 5.97. The molecule has 25 heavy (non-hydrogen) atoms. The van der Waals surface area contributed by atoms with Crippen LogP contribution in [0.1, 0.15) is 37.6 Å². The maximum absolute atomic E-state index is 12.4. The Morgan fingerprint density at radius 3 is 2.72 bits per heavy atom. The maximum Gasteiger partial charge on any atom is 0.326 e. The van der Waals surface area contributed by atoms with Crippen LogP contribution in [-0.2, 0) is 9.53 Å². The lowest BCUT2D eigenvalue weighted by atomic mass is 10.1. The number of carbonyl (C=O) groups excluding carboxylic acids is 1. The highest BCUT2D eigenvalue weighted by atomic mass is 16.5. The second-order valence-electron chi connectivity index (χ2n) is 6.42. The Bertz CT molecular complexity index is 724. The van der Waals surface area contributed by atoms with Crippen LogP contribution in [0.25, 0.3) is 5.69 Å².